The molecular weight excluding hydrogens is 325 g/mol. The number of aromatic nitrogens is 2. The highest BCUT2D eigenvalue weighted by molar-refractivity contribution is 6.33. The van der Waals surface area contributed by atoms with Gasteiger partial charge in [0.2, 0.25) is 5.95 Å². The Bertz CT molecular complexity index is 830. The van der Waals surface area contributed by atoms with Gasteiger partial charge in [0, 0.05) is 11.5 Å². The minimum Gasteiger partial charge on any atom is -0.409 e. The minimum atomic E-state index is -0.727. The average Bonchev–Trinajstić information content (AvgIpc) is 2.46. The van der Waals surface area contributed by atoms with E-state index in [9.17, 15) is 4.79 Å². The molecule has 0 spiro atoms. The van der Waals surface area contributed by atoms with Gasteiger partial charge in [0.25, 0.3) is 0 Å². The summed E-state index contributed by atoms with van der Waals surface area (Å²) in [5.74, 6) is 0.409. The highest BCUT2D eigenvalue weighted by atomic mass is 35.5. The van der Waals surface area contributed by atoms with E-state index in [0.717, 1.165) is 10.8 Å². The number of nitrogens with one attached hydrogen (secondary N) is 1. The monoisotopic (exact) mass is 333 g/mol. The Hall–Kier alpha value is -2.37. The molecule has 0 radical (unpaired) electrons. The molecule has 3 rings (SSSR count). The number of carbonyl (C=O) groups excluding carboxylic acids is 1. The summed E-state index contributed by atoms with van der Waals surface area (Å²) >= 11 is 11.5. The zero-order valence-electron chi connectivity index (χ0n) is 11.1. The van der Waals surface area contributed by atoms with Crippen LogP contribution in [0.5, 0.6) is 5.75 Å². The van der Waals surface area contributed by atoms with E-state index in [4.69, 9.17) is 27.9 Å². The Morgan fingerprint density at radius 1 is 1.00 bits per heavy atom. The molecule has 0 bridgehead atoms. The fourth-order valence-electron chi connectivity index (χ4n) is 1.95. The van der Waals surface area contributed by atoms with E-state index in [-0.39, 0.29) is 16.3 Å². The van der Waals surface area contributed by atoms with Gasteiger partial charge in [0.15, 0.2) is 0 Å². The maximum Gasteiger partial charge on any atom is 0.419 e. The van der Waals surface area contributed by atoms with Gasteiger partial charge in [-0.3, -0.25) is 5.32 Å². The molecule has 22 heavy (non-hydrogen) atoms. The van der Waals surface area contributed by atoms with Crippen molar-refractivity contribution in [2.75, 3.05) is 5.32 Å². The Morgan fingerprint density at radius 2 is 1.68 bits per heavy atom. The van der Waals surface area contributed by atoms with Gasteiger partial charge < -0.3 is 4.74 Å². The van der Waals surface area contributed by atoms with Crippen LogP contribution >= 0.6 is 23.2 Å². The van der Waals surface area contributed by atoms with Crippen LogP contribution in [0, 0.1) is 0 Å². The average molecular weight is 334 g/mol. The van der Waals surface area contributed by atoms with Crippen LogP contribution in [0.2, 0.25) is 10.3 Å². The predicted octanol–water partition coefficient (Wildman–Crippen LogP) is 4.55. The Balaban J connectivity index is 1.81. The Kier molecular flexibility index (Phi) is 4.09. The largest absolute Gasteiger partial charge is 0.419 e. The maximum absolute atomic E-state index is 11.9. The van der Waals surface area contributed by atoms with Crippen molar-refractivity contribution in [2.24, 2.45) is 0 Å². The third-order valence-corrected chi connectivity index (χ3v) is 3.22. The first kappa shape index (κ1) is 14.6. The zero-order chi connectivity index (χ0) is 15.5. The fraction of sp³-hybridized carbons (Fsp3) is 0. The summed E-state index contributed by atoms with van der Waals surface area (Å²) in [6.45, 7) is 0. The minimum absolute atomic E-state index is 0.0252. The summed E-state index contributed by atoms with van der Waals surface area (Å²) in [5, 5.41) is 4.43. The van der Waals surface area contributed by atoms with Crippen molar-refractivity contribution in [1.82, 2.24) is 9.97 Å². The predicted molar refractivity (Wildman–Crippen MR) is 85.6 cm³/mol. The van der Waals surface area contributed by atoms with Gasteiger partial charge in [-0.1, -0.05) is 59.6 Å². The van der Waals surface area contributed by atoms with E-state index in [1.807, 2.05) is 30.3 Å². The number of carbonyl (C=O) groups is 1. The normalized spacial score (nSPS) is 10.5. The molecule has 5 nitrogen and oxygen atoms in total. The standard InChI is InChI=1S/C15H9Cl2N3O2/c16-12-8-13(17)19-14(18-12)20-15(21)22-11-7-3-5-9-4-1-2-6-10(9)11/h1-8H,(H,18,19,20,21). The second-order valence-electron chi connectivity index (χ2n) is 4.33. The molecule has 0 atom stereocenters. The Labute approximate surface area is 135 Å². The number of benzene rings is 2. The lowest BCUT2D eigenvalue weighted by atomic mass is 10.1. The molecule has 1 N–H and O–H groups in total. The van der Waals surface area contributed by atoms with Gasteiger partial charge >= 0.3 is 6.09 Å². The van der Waals surface area contributed by atoms with E-state index >= 15 is 0 Å². The second kappa shape index (κ2) is 6.17. The first-order chi connectivity index (χ1) is 10.6. The number of amides is 1. The number of rotatable bonds is 2. The molecule has 2 aromatic carbocycles. The van der Waals surface area contributed by atoms with Crippen LogP contribution in [-0.2, 0) is 0 Å². The summed E-state index contributed by atoms with van der Waals surface area (Å²) in [6.07, 6.45) is -0.727. The van der Waals surface area contributed by atoms with Crippen LogP contribution < -0.4 is 10.1 Å². The van der Waals surface area contributed by atoms with Crippen molar-refractivity contribution >= 4 is 46.0 Å². The molecule has 0 fully saturated rings. The van der Waals surface area contributed by atoms with Gasteiger partial charge in [0.05, 0.1) is 0 Å². The smallest absolute Gasteiger partial charge is 0.409 e. The number of nitrogens with zero attached hydrogens (tertiary/aromatic N) is 2. The third kappa shape index (κ3) is 3.27. The molecule has 3 aromatic rings. The molecular formula is C15H9Cl2N3O2. The molecule has 0 unspecified atom stereocenters. The number of hydrogen-bond donors (Lipinski definition) is 1. The first-order valence-electron chi connectivity index (χ1n) is 6.28. The second-order valence-corrected chi connectivity index (χ2v) is 5.10. The van der Waals surface area contributed by atoms with Crippen molar-refractivity contribution in [2.45, 2.75) is 0 Å². The third-order valence-electron chi connectivity index (χ3n) is 2.83. The number of hydrogen-bond acceptors (Lipinski definition) is 4. The lowest BCUT2D eigenvalue weighted by Crippen LogP contribution is -2.18. The summed E-state index contributed by atoms with van der Waals surface area (Å²) in [7, 11) is 0. The molecule has 0 aliphatic carbocycles. The van der Waals surface area contributed by atoms with E-state index in [0.29, 0.717) is 5.75 Å². The summed E-state index contributed by atoms with van der Waals surface area (Å²) in [4.78, 5) is 19.6. The van der Waals surface area contributed by atoms with Crippen molar-refractivity contribution in [3.8, 4) is 5.75 Å². The number of fused-ring (bicyclic) bond motifs is 1. The van der Waals surface area contributed by atoms with Gasteiger partial charge in [-0.05, 0) is 11.5 Å². The van der Waals surface area contributed by atoms with Crippen molar-refractivity contribution in [3.05, 3.63) is 58.8 Å². The molecule has 1 heterocycles. The number of halogens is 2. The highest BCUT2D eigenvalue weighted by Gasteiger charge is 2.10. The van der Waals surface area contributed by atoms with E-state index in [1.165, 1.54) is 6.07 Å². The van der Waals surface area contributed by atoms with Crippen LogP contribution in [-0.4, -0.2) is 16.1 Å². The van der Waals surface area contributed by atoms with Crippen molar-refractivity contribution in [3.63, 3.8) is 0 Å². The summed E-state index contributed by atoms with van der Waals surface area (Å²) < 4.78 is 5.30. The molecule has 0 saturated heterocycles. The first-order valence-corrected chi connectivity index (χ1v) is 7.04. The fourth-order valence-corrected chi connectivity index (χ4v) is 2.37. The van der Waals surface area contributed by atoms with E-state index in [1.54, 1.807) is 12.1 Å². The molecule has 0 saturated carbocycles. The van der Waals surface area contributed by atoms with Gasteiger partial charge in [-0.25, -0.2) is 14.8 Å². The topological polar surface area (TPSA) is 64.1 Å². The van der Waals surface area contributed by atoms with Gasteiger partial charge in [-0.15, -0.1) is 0 Å². The van der Waals surface area contributed by atoms with Gasteiger partial charge in [0.1, 0.15) is 16.1 Å². The molecule has 0 aliphatic heterocycles. The van der Waals surface area contributed by atoms with Crippen molar-refractivity contribution < 1.29 is 9.53 Å². The molecule has 0 aliphatic rings. The Morgan fingerprint density at radius 3 is 2.45 bits per heavy atom. The molecule has 1 aromatic heterocycles. The van der Waals surface area contributed by atoms with E-state index < -0.39 is 6.09 Å². The molecule has 1 amide bonds. The summed E-state index contributed by atoms with van der Waals surface area (Å²) in [6, 6.07) is 14.4. The molecule has 7 heteroatoms. The lowest BCUT2D eigenvalue weighted by molar-refractivity contribution is 0.215. The van der Waals surface area contributed by atoms with Crippen LogP contribution in [0.3, 0.4) is 0 Å². The van der Waals surface area contributed by atoms with Crippen molar-refractivity contribution in [1.29, 1.82) is 0 Å². The van der Waals surface area contributed by atoms with Crippen LogP contribution in [0.1, 0.15) is 0 Å². The van der Waals surface area contributed by atoms with Crippen LogP contribution in [0.25, 0.3) is 10.8 Å². The molecule has 110 valence electrons. The maximum atomic E-state index is 11.9. The highest BCUT2D eigenvalue weighted by Crippen LogP contribution is 2.25. The number of anilines is 1. The zero-order valence-corrected chi connectivity index (χ0v) is 12.6. The lowest BCUT2D eigenvalue weighted by Gasteiger charge is -2.08. The summed E-state index contributed by atoms with van der Waals surface area (Å²) in [5.41, 5.74) is 0. The van der Waals surface area contributed by atoms with Crippen LogP contribution in [0.15, 0.2) is 48.5 Å². The SMILES string of the molecule is O=C(Nc1nc(Cl)cc(Cl)n1)Oc1cccc2ccccc12. The quantitative estimate of drug-likeness (QED) is 0.699. The van der Waals surface area contributed by atoms with Gasteiger partial charge in [-0.2, -0.15) is 0 Å². The van der Waals surface area contributed by atoms with Crippen LogP contribution in [0.4, 0.5) is 10.7 Å². The van der Waals surface area contributed by atoms with E-state index in [2.05, 4.69) is 15.3 Å². The number of ether oxygens (including phenoxy) is 1.